The van der Waals surface area contributed by atoms with Crippen LogP contribution in [0.25, 0.3) is 0 Å². The molecule has 0 radical (unpaired) electrons. The van der Waals surface area contributed by atoms with Gasteiger partial charge in [-0.1, -0.05) is 51.9 Å². The van der Waals surface area contributed by atoms with E-state index in [1.807, 2.05) is 18.5 Å². The van der Waals surface area contributed by atoms with Crippen molar-refractivity contribution >= 4 is 29.9 Å². The molecule has 0 aliphatic carbocycles. The smallest absolute Gasteiger partial charge is 0.191 e. The number of ether oxygens (including phenoxy) is 1. The van der Waals surface area contributed by atoms with E-state index in [4.69, 9.17) is 4.74 Å². The minimum Gasteiger partial charge on any atom is -0.385 e. The van der Waals surface area contributed by atoms with Crippen LogP contribution < -0.4 is 10.6 Å². The van der Waals surface area contributed by atoms with Crippen LogP contribution in [0, 0.1) is 6.92 Å². The Bertz CT molecular complexity index is 521. The number of unbranched alkanes of at least 4 members (excludes halogenated alkanes) is 7. The molecule has 0 atom stereocenters. The fourth-order valence-electron chi connectivity index (χ4n) is 2.80. The van der Waals surface area contributed by atoms with Gasteiger partial charge in [0.05, 0.1) is 0 Å². The van der Waals surface area contributed by atoms with Crippen LogP contribution in [0.3, 0.4) is 0 Å². The topological polar surface area (TPSA) is 76.4 Å². The minimum atomic E-state index is 0. The Morgan fingerprint density at radius 1 is 0.964 bits per heavy atom. The summed E-state index contributed by atoms with van der Waals surface area (Å²) in [5.41, 5.74) is 0. The van der Waals surface area contributed by atoms with Gasteiger partial charge in [-0.05, 0) is 19.8 Å². The number of nitrogens with one attached hydrogen (secondary N) is 2. The van der Waals surface area contributed by atoms with E-state index >= 15 is 0 Å². The van der Waals surface area contributed by atoms with Crippen molar-refractivity contribution in [1.82, 2.24) is 25.4 Å². The van der Waals surface area contributed by atoms with Gasteiger partial charge in [0.1, 0.15) is 12.4 Å². The predicted molar refractivity (Wildman–Crippen MR) is 127 cm³/mol. The molecule has 1 rings (SSSR count). The van der Waals surface area contributed by atoms with E-state index in [0.717, 1.165) is 43.7 Å². The second-order valence-corrected chi connectivity index (χ2v) is 7.06. The standard InChI is InChI=1S/C20H40N6O.HI/c1-5-6-7-8-9-10-11-12-14-21-20(22-15-13-16-27-4)23-17-19-25-24-18(2)26(19)3;/h5-17H2,1-4H3,(H2,21,22,23);1H. The van der Waals surface area contributed by atoms with E-state index in [1.54, 1.807) is 7.11 Å². The molecule has 0 fully saturated rings. The zero-order valence-corrected chi connectivity index (χ0v) is 20.6. The second kappa shape index (κ2) is 18.1. The molecule has 8 heteroatoms. The van der Waals surface area contributed by atoms with E-state index in [2.05, 4.69) is 32.7 Å². The number of guanidine groups is 1. The maximum atomic E-state index is 5.11. The molecule has 0 aliphatic heterocycles. The van der Waals surface area contributed by atoms with Gasteiger partial charge in [-0.15, -0.1) is 34.2 Å². The largest absolute Gasteiger partial charge is 0.385 e. The molecule has 0 saturated heterocycles. The van der Waals surface area contributed by atoms with Gasteiger partial charge in [0.25, 0.3) is 0 Å². The third-order valence-electron chi connectivity index (χ3n) is 4.70. The van der Waals surface area contributed by atoms with Crippen LogP contribution in [-0.4, -0.2) is 47.5 Å². The fourth-order valence-corrected chi connectivity index (χ4v) is 2.80. The molecule has 28 heavy (non-hydrogen) atoms. The summed E-state index contributed by atoms with van der Waals surface area (Å²) >= 11 is 0. The number of aryl methyl sites for hydroxylation is 1. The molecular weight excluding hydrogens is 467 g/mol. The monoisotopic (exact) mass is 508 g/mol. The zero-order chi connectivity index (χ0) is 19.7. The van der Waals surface area contributed by atoms with Gasteiger partial charge in [-0.3, -0.25) is 0 Å². The number of methoxy groups -OCH3 is 1. The fraction of sp³-hybridized carbons (Fsp3) is 0.850. The maximum Gasteiger partial charge on any atom is 0.191 e. The quantitative estimate of drug-likeness (QED) is 0.162. The van der Waals surface area contributed by atoms with Gasteiger partial charge >= 0.3 is 0 Å². The van der Waals surface area contributed by atoms with E-state index < -0.39 is 0 Å². The van der Waals surface area contributed by atoms with Crippen molar-refractivity contribution in [3.8, 4) is 0 Å². The Kier molecular flexibility index (Phi) is 17.6. The summed E-state index contributed by atoms with van der Waals surface area (Å²) < 4.78 is 7.09. The van der Waals surface area contributed by atoms with E-state index in [0.29, 0.717) is 6.54 Å². The average Bonchev–Trinajstić information content (AvgIpc) is 2.99. The maximum absolute atomic E-state index is 5.11. The number of aliphatic imine (C=N–C) groups is 1. The minimum absolute atomic E-state index is 0. The summed E-state index contributed by atoms with van der Waals surface area (Å²) in [6.45, 7) is 7.28. The number of rotatable bonds is 15. The van der Waals surface area contributed by atoms with Crippen molar-refractivity contribution in [3.05, 3.63) is 11.6 Å². The normalized spacial score (nSPS) is 11.4. The second-order valence-electron chi connectivity index (χ2n) is 7.06. The van der Waals surface area contributed by atoms with Gasteiger partial charge in [-0.2, -0.15) is 0 Å². The summed E-state index contributed by atoms with van der Waals surface area (Å²) in [5, 5.41) is 15.1. The number of nitrogens with zero attached hydrogens (tertiary/aromatic N) is 4. The van der Waals surface area contributed by atoms with Crippen LogP contribution in [0.4, 0.5) is 0 Å². The van der Waals surface area contributed by atoms with E-state index in [-0.39, 0.29) is 24.0 Å². The first-order chi connectivity index (χ1) is 13.2. The van der Waals surface area contributed by atoms with Gasteiger partial charge < -0.3 is 19.9 Å². The molecule has 0 spiro atoms. The molecule has 0 amide bonds. The number of hydrogen-bond acceptors (Lipinski definition) is 4. The highest BCUT2D eigenvalue weighted by Crippen LogP contribution is 2.07. The lowest BCUT2D eigenvalue weighted by Gasteiger charge is -2.12. The highest BCUT2D eigenvalue weighted by molar-refractivity contribution is 14.0. The first-order valence-corrected chi connectivity index (χ1v) is 10.5. The number of hydrogen-bond donors (Lipinski definition) is 2. The summed E-state index contributed by atoms with van der Waals surface area (Å²) in [7, 11) is 3.70. The Hall–Kier alpha value is -0.900. The van der Waals surface area contributed by atoms with Gasteiger partial charge in [-0.25, -0.2) is 4.99 Å². The highest BCUT2D eigenvalue weighted by atomic mass is 127. The molecule has 0 unspecified atom stereocenters. The van der Waals surface area contributed by atoms with Crippen molar-refractivity contribution in [1.29, 1.82) is 0 Å². The molecule has 1 aromatic rings. The van der Waals surface area contributed by atoms with E-state index in [9.17, 15) is 0 Å². The van der Waals surface area contributed by atoms with Crippen LogP contribution in [0.2, 0.25) is 0 Å². The molecule has 1 heterocycles. The van der Waals surface area contributed by atoms with Crippen molar-refractivity contribution in [3.63, 3.8) is 0 Å². The Morgan fingerprint density at radius 3 is 2.14 bits per heavy atom. The molecule has 164 valence electrons. The lowest BCUT2D eigenvalue weighted by molar-refractivity contribution is 0.195. The molecule has 2 N–H and O–H groups in total. The summed E-state index contributed by atoms with van der Waals surface area (Å²) in [5.74, 6) is 2.62. The number of halogens is 1. The lowest BCUT2D eigenvalue weighted by Crippen LogP contribution is -2.38. The Morgan fingerprint density at radius 2 is 1.57 bits per heavy atom. The highest BCUT2D eigenvalue weighted by Gasteiger charge is 2.05. The zero-order valence-electron chi connectivity index (χ0n) is 18.3. The van der Waals surface area contributed by atoms with Gasteiger partial charge in [0, 0.05) is 33.9 Å². The van der Waals surface area contributed by atoms with E-state index in [1.165, 1.54) is 51.4 Å². The van der Waals surface area contributed by atoms with Crippen molar-refractivity contribution in [2.75, 3.05) is 26.8 Å². The molecule has 7 nitrogen and oxygen atoms in total. The summed E-state index contributed by atoms with van der Waals surface area (Å²) in [4.78, 5) is 4.66. The molecule has 1 aromatic heterocycles. The third-order valence-corrected chi connectivity index (χ3v) is 4.70. The van der Waals surface area contributed by atoms with Crippen molar-refractivity contribution < 1.29 is 4.74 Å². The first kappa shape index (κ1) is 27.1. The third kappa shape index (κ3) is 12.5. The molecular formula is C20H41IN6O. The van der Waals surface area contributed by atoms with Crippen LogP contribution in [0.1, 0.15) is 76.4 Å². The van der Waals surface area contributed by atoms with Crippen molar-refractivity contribution in [2.24, 2.45) is 12.0 Å². The van der Waals surface area contributed by atoms with Crippen LogP contribution in [0.15, 0.2) is 4.99 Å². The predicted octanol–water partition coefficient (Wildman–Crippen LogP) is 3.95. The molecule has 0 aromatic carbocycles. The van der Waals surface area contributed by atoms with Gasteiger partial charge in [0.2, 0.25) is 0 Å². The van der Waals surface area contributed by atoms with Crippen LogP contribution in [-0.2, 0) is 18.3 Å². The number of aromatic nitrogens is 3. The van der Waals surface area contributed by atoms with Crippen LogP contribution in [0.5, 0.6) is 0 Å². The van der Waals surface area contributed by atoms with Crippen molar-refractivity contribution in [2.45, 2.75) is 78.2 Å². The first-order valence-electron chi connectivity index (χ1n) is 10.5. The SMILES string of the molecule is CCCCCCCCCCNC(=NCc1nnc(C)n1C)NCCCOC.I. The Labute approximate surface area is 188 Å². The molecule has 0 bridgehead atoms. The van der Waals surface area contributed by atoms with Gasteiger partial charge in [0.15, 0.2) is 11.8 Å². The molecule has 0 aliphatic rings. The van der Waals surface area contributed by atoms with Crippen LogP contribution >= 0.6 is 24.0 Å². The summed E-state index contributed by atoms with van der Waals surface area (Å²) in [6.07, 6.45) is 11.6. The Balaban J connectivity index is 0.00000729. The lowest BCUT2D eigenvalue weighted by atomic mass is 10.1. The summed E-state index contributed by atoms with van der Waals surface area (Å²) in [6, 6.07) is 0. The average molecular weight is 508 g/mol. The molecule has 0 saturated carbocycles.